The zero-order chi connectivity index (χ0) is 18.1. The van der Waals surface area contributed by atoms with Crippen molar-refractivity contribution in [1.82, 2.24) is 19.7 Å². The van der Waals surface area contributed by atoms with E-state index in [0.717, 1.165) is 17.2 Å². The molecule has 0 atom stereocenters. The monoisotopic (exact) mass is 350 g/mol. The Morgan fingerprint density at radius 3 is 2.73 bits per heavy atom. The molecule has 26 heavy (non-hydrogen) atoms. The lowest BCUT2D eigenvalue weighted by Gasteiger charge is -2.26. The van der Waals surface area contributed by atoms with Gasteiger partial charge in [0.2, 0.25) is 0 Å². The molecule has 0 unspecified atom stereocenters. The quantitative estimate of drug-likeness (QED) is 0.675. The Hall–Kier alpha value is -3.06. The van der Waals surface area contributed by atoms with E-state index in [2.05, 4.69) is 10.1 Å². The largest absolute Gasteiger partial charge is 0.378 e. The van der Waals surface area contributed by atoms with Crippen LogP contribution in [0.4, 0.5) is 0 Å². The van der Waals surface area contributed by atoms with Crippen LogP contribution in [-0.4, -0.2) is 58.2 Å². The molecular weight excluding hydrogens is 332 g/mol. The zero-order valence-corrected chi connectivity index (χ0v) is 14.4. The summed E-state index contributed by atoms with van der Waals surface area (Å²) in [5.41, 5.74) is 3.17. The van der Waals surface area contributed by atoms with Crippen molar-refractivity contribution < 1.29 is 14.3 Å². The first-order valence-electron chi connectivity index (χ1n) is 8.42. The molecule has 4 rings (SSSR count). The molecule has 7 heteroatoms. The maximum absolute atomic E-state index is 12.7. The van der Waals surface area contributed by atoms with Gasteiger partial charge in [0.1, 0.15) is 5.69 Å². The number of aromatic nitrogens is 3. The van der Waals surface area contributed by atoms with E-state index in [1.165, 1.54) is 0 Å². The van der Waals surface area contributed by atoms with E-state index in [-0.39, 0.29) is 5.91 Å². The fourth-order valence-corrected chi connectivity index (χ4v) is 3.15. The Balaban J connectivity index is 1.77. The van der Waals surface area contributed by atoms with Gasteiger partial charge >= 0.3 is 0 Å². The van der Waals surface area contributed by atoms with Gasteiger partial charge in [-0.15, -0.1) is 0 Å². The molecule has 1 aromatic carbocycles. The Morgan fingerprint density at radius 1 is 1.23 bits per heavy atom. The lowest BCUT2D eigenvalue weighted by atomic mass is 10.0. The van der Waals surface area contributed by atoms with Crippen LogP contribution in [0.5, 0.6) is 0 Å². The summed E-state index contributed by atoms with van der Waals surface area (Å²) in [6.45, 7) is 2.32. The number of pyridine rings is 1. The summed E-state index contributed by atoms with van der Waals surface area (Å²) in [5.74, 6) is -0.0161. The fraction of sp³-hybridized carbons (Fsp3) is 0.263. The molecule has 1 saturated heterocycles. The molecule has 1 aliphatic heterocycles. The summed E-state index contributed by atoms with van der Waals surface area (Å²) >= 11 is 0. The molecule has 0 bridgehead atoms. The molecule has 0 aliphatic carbocycles. The van der Waals surface area contributed by atoms with Gasteiger partial charge in [0.05, 0.1) is 24.9 Å². The number of ether oxygens (including phenoxy) is 1. The van der Waals surface area contributed by atoms with Gasteiger partial charge in [-0.2, -0.15) is 5.10 Å². The van der Waals surface area contributed by atoms with Gasteiger partial charge in [-0.1, -0.05) is 0 Å². The number of carbonyl (C=O) groups excluding carboxylic acids is 2. The third-order valence-corrected chi connectivity index (χ3v) is 4.52. The first kappa shape index (κ1) is 16.4. The highest BCUT2D eigenvalue weighted by Gasteiger charge is 2.19. The number of aryl methyl sites for hydroxylation is 1. The zero-order valence-electron chi connectivity index (χ0n) is 14.4. The number of amides is 1. The second kappa shape index (κ2) is 6.68. The minimum Gasteiger partial charge on any atom is -0.378 e. The SMILES string of the molecule is Cn1cc(-c2cc3cc(C(=O)N4CCOCC4)ccc3nc2C=O)cn1. The van der Waals surface area contributed by atoms with Crippen LogP contribution in [0.2, 0.25) is 0 Å². The molecule has 0 spiro atoms. The molecule has 0 saturated carbocycles. The Morgan fingerprint density at radius 2 is 2.04 bits per heavy atom. The molecular formula is C19H18N4O3. The first-order valence-corrected chi connectivity index (χ1v) is 8.42. The van der Waals surface area contributed by atoms with Crippen LogP contribution in [-0.2, 0) is 11.8 Å². The predicted molar refractivity (Wildman–Crippen MR) is 96.1 cm³/mol. The number of morpholine rings is 1. The van der Waals surface area contributed by atoms with E-state index in [1.807, 2.05) is 25.4 Å². The molecule has 7 nitrogen and oxygen atoms in total. The van der Waals surface area contributed by atoms with E-state index >= 15 is 0 Å². The van der Waals surface area contributed by atoms with E-state index in [1.54, 1.807) is 27.9 Å². The third kappa shape index (κ3) is 2.97. The topological polar surface area (TPSA) is 77.3 Å². The minimum atomic E-state index is -0.0161. The predicted octanol–water partition coefficient (Wildman–Crippen LogP) is 1.92. The average Bonchev–Trinajstić information content (AvgIpc) is 3.12. The number of aldehydes is 1. The summed E-state index contributed by atoms with van der Waals surface area (Å²) in [4.78, 5) is 30.4. The lowest BCUT2D eigenvalue weighted by molar-refractivity contribution is 0.0303. The molecule has 3 heterocycles. The van der Waals surface area contributed by atoms with Crippen molar-refractivity contribution in [3.63, 3.8) is 0 Å². The molecule has 2 aromatic heterocycles. The van der Waals surface area contributed by atoms with Crippen LogP contribution in [0, 0.1) is 0 Å². The van der Waals surface area contributed by atoms with E-state index in [0.29, 0.717) is 48.6 Å². The van der Waals surface area contributed by atoms with Crippen molar-refractivity contribution in [2.45, 2.75) is 0 Å². The molecule has 1 amide bonds. The standard InChI is InChI=1S/C19H18N4O3/c1-22-11-15(10-20-22)16-9-14-8-13(2-3-17(14)21-18(16)12-24)19(25)23-4-6-26-7-5-23/h2-3,8-12H,4-7H2,1H3. The Kier molecular flexibility index (Phi) is 4.22. The van der Waals surface area contributed by atoms with Crippen LogP contribution in [0.25, 0.3) is 22.0 Å². The number of nitrogens with zero attached hydrogens (tertiary/aromatic N) is 4. The number of hydrogen-bond acceptors (Lipinski definition) is 5. The van der Waals surface area contributed by atoms with Gasteiger partial charge in [-0.3, -0.25) is 14.3 Å². The van der Waals surface area contributed by atoms with Gasteiger partial charge < -0.3 is 9.64 Å². The van der Waals surface area contributed by atoms with E-state index in [4.69, 9.17) is 4.74 Å². The van der Waals surface area contributed by atoms with Gasteiger partial charge in [-0.25, -0.2) is 4.98 Å². The van der Waals surface area contributed by atoms with E-state index < -0.39 is 0 Å². The summed E-state index contributed by atoms with van der Waals surface area (Å²) in [5, 5.41) is 4.97. The maximum atomic E-state index is 12.7. The van der Waals surface area contributed by atoms with Crippen molar-refractivity contribution >= 4 is 23.1 Å². The summed E-state index contributed by atoms with van der Waals surface area (Å²) < 4.78 is 6.98. The van der Waals surface area contributed by atoms with Gasteiger partial charge in [0.15, 0.2) is 6.29 Å². The van der Waals surface area contributed by atoms with Crippen LogP contribution in [0.15, 0.2) is 36.7 Å². The summed E-state index contributed by atoms with van der Waals surface area (Å²) in [6.07, 6.45) is 4.27. The molecule has 3 aromatic rings. The maximum Gasteiger partial charge on any atom is 0.254 e. The lowest BCUT2D eigenvalue weighted by Crippen LogP contribution is -2.40. The number of rotatable bonds is 3. The second-order valence-electron chi connectivity index (χ2n) is 6.25. The highest BCUT2D eigenvalue weighted by atomic mass is 16.5. The first-order chi connectivity index (χ1) is 12.7. The van der Waals surface area contributed by atoms with Gasteiger partial charge in [0.25, 0.3) is 5.91 Å². The Bertz CT molecular complexity index is 990. The minimum absolute atomic E-state index is 0.0161. The molecule has 1 aliphatic rings. The van der Waals surface area contributed by atoms with Crippen molar-refractivity contribution in [2.75, 3.05) is 26.3 Å². The van der Waals surface area contributed by atoms with Crippen LogP contribution < -0.4 is 0 Å². The van der Waals surface area contributed by atoms with Gasteiger partial charge in [0, 0.05) is 48.4 Å². The fourth-order valence-electron chi connectivity index (χ4n) is 3.15. The normalized spacial score (nSPS) is 14.6. The number of hydrogen-bond donors (Lipinski definition) is 0. The average molecular weight is 350 g/mol. The number of benzene rings is 1. The summed E-state index contributed by atoms with van der Waals surface area (Å²) in [7, 11) is 1.82. The number of fused-ring (bicyclic) bond motifs is 1. The smallest absolute Gasteiger partial charge is 0.254 e. The van der Waals surface area contributed by atoms with Crippen molar-refractivity contribution in [1.29, 1.82) is 0 Å². The molecule has 132 valence electrons. The summed E-state index contributed by atoms with van der Waals surface area (Å²) in [6, 6.07) is 7.25. The van der Waals surface area contributed by atoms with Crippen LogP contribution in [0.1, 0.15) is 20.8 Å². The highest BCUT2D eigenvalue weighted by molar-refractivity contribution is 6.00. The van der Waals surface area contributed by atoms with E-state index in [9.17, 15) is 9.59 Å². The highest BCUT2D eigenvalue weighted by Crippen LogP contribution is 2.26. The number of carbonyl (C=O) groups is 2. The third-order valence-electron chi connectivity index (χ3n) is 4.52. The van der Waals surface area contributed by atoms with Gasteiger partial charge in [-0.05, 0) is 24.3 Å². The molecule has 0 N–H and O–H groups in total. The van der Waals surface area contributed by atoms with Crippen LogP contribution in [0.3, 0.4) is 0 Å². The molecule has 0 radical (unpaired) electrons. The Labute approximate surface area is 150 Å². The van der Waals surface area contributed by atoms with Crippen LogP contribution >= 0.6 is 0 Å². The van der Waals surface area contributed by atoms with Crippen molar-refractivity contribution in [2.24, 2.45) is 7.05 Å². The molecule has 1 fully saturated rings. The second-order valence-corrected chi connectivity index (χ2v) is 6.25. The van der Waals surface area contributed by atoms with Crippen molar-refractivity contribution in [3.8, 4) is 11.1 Å². The van der Waals surface area contributed by atoms with Crippen molar-refractivity contribution in [3.05, 3.63) is 47.9 Å².